The van der Waals surface area contributed by atoms with E-state index in [9.17, 15) is 19.5 Å². The van der Waals surface area contributed by atoms with E-state index in [0.29, 0.717) is 53.2 Å². The number of fused-ring (bicyclic) bond motifs is 1. The van der Waals surface area contributed by atoms with Gasteiger partial charge in [-0.1, -0.05) is 33.3 Å². The van der Waals surface area contributed by atoms with Gasteiger partial charge in [0.05, 0.1) is 46.6 Å². The molecule has 1 N–H and O–H groups in total. The van der Waals surface area contributed by atoms with Gasteiger partial charge in [0.1, 0.15) is 5.75 Å². The largest absolute Gasteiger partial charge is 0.506 e. The number of hydrogen-bond donors (Lipinski definition) is 1. The summed E-state index contributed by atoms with van der Waals surface area (Å²) in [6.45, 7) is 5.29. The van der Waals surface area contributed by atoms with Crippen molar-refractivity contribution >= 4 is 61.2 Å². The van der Waals surface area contributed by atoms with Gasteiger partial charge < -0.3 is 24.1 Å². The second kappa shape index (κ2) is 13.0. The molecule has 4 rings (SSSR count). The fraction of sp³-hybridized carbons (Fsp3) is 0.286. The maximum Gasteiger partial charge on any atom is 0.343 e. The average molecular weight is 710 g/mol. The minimum atomic E-state index is -0.899. The van der Waals surface area contributed by atoms with Crippen LogP contribution in [0.1, 0.15) is 37.9 Å². The Kier molecular flexibility index (Phi) is 9.72. The zero-order chi connectivity index (χ0) is 29.8. The number of aromatic nitrogens is 1. The fourth-order valence-corrected chi connectivity index (χ4v) is 6.52. The molecule has 0 amide bonds. The van der Waals surface area contributed by atoms with Gasteiger partial charge in [0.2, 0.25) is 0 Å². The molecule has 216 valence electrons. The number of phenolic OH excluding ortho intramolecular Hbond substituents is 1. The van der Waals surface area contributed by atoms with E-state index < -0.39 is 23.5 Å². The van der Waals surface area contributed by atoms with E-state index in [1.165, 1.54) is 11.7 Å². The fourth-order valence-electron chi connectivity index (χ4n) is 4.22. The minimum absolute atomic E-state index is 0.0251. The average Bonchev–Trinajstić information content (AvgIpc) is 3.23. The second-order valence-electron chi connectivity index (χ2n) is 8.63. The van der Waals surface area contributed by atoms with Gasteiger partial charge in [0.25, 0.3) is 5.56 Å². The first kappa shape index (κ1) is 30.5. The molecular weight excluding hydrogens is 684 g/mol. The van der Waals surface area contributed by atoms with E-state index >= 15 is 0 Å². The zero-order valence-electron chi connectivity index (χ0n) is 22.5. The minimum Gasteiger partial charge on any atom is -0.506 e. The van der Waals surface area contributed by atoms with Gasteiger partial charge in [-0.05, 0) is 72.6 Å². The van der Waals surface area contributed by atoms with E-state index in [0.717, 1.165) is 11.3 Å². The van der Waals surface area contributed by atoms with Crippen molar-refractivity contribution in [3.63, 3.8) is 0 Å². The molecule has 13 heteroatoms. The number of allylic oxidation sites excluding steroid dienone is 1. The molecule has 2 aromatic carbocycles. The number of halogens is 2. The first-order valence-corrected chi connectivity index (χ1v) is 14.8. The summed E-state index contributed by atoms with van der Waals surface area (Å²) in [5, 5.41) is 10.6. The molecule has 0 unspecified atom stereocenters. The van der Waals surface area contributed by atoms with Crippen LogP contribution in [-0.2, 0) is 19.1 Å². The molecule has 10 nitrogen and oxygen atoms in total. The number of methoxy groups -OCH3 is 1. The van der Waals surface area contributed by atoms with Crippen LogP contribution >= 0.6 is 43.2 Å². The summed E-state index contributed by atoms with van der Waals surface area (Å²) in [6.07, 6.45) is 1.57. The molecule has 0 aliphatic carbocycles. The molecule has 0 fully saturated rings. The van der Waals surface area contributed by atoms with Crippen LogP contribution in [0.25, 0.3) is 6.08 Å². The lowest BCUT2D eigenvalue weighted by atomic mass is 9.95. The lowest BCUT2D eigenvalue weighted by molar-refractivity contribution is -0.143. The third-order valence-electron chi connectivity index (χ3n) is 6.02. The molecule has 1 atom stereocenters. The van der Waals surface area contributed by atoms with E-state index in [1.54, 1.807) is 57.2 Å². The maximum atomic E-state index is 13.9. The Morgan fingerprint density at radius 1 is 1.12 bits per heavy atom. The highest BCUT2D eigenvalue weighted by molar-refractivity contribution is 9.11. The number of nitrogens with zero attached hydrogens (tertiary/aromatic N) is 2. The van der Waals surface area contributed by atoms with Crippen molar-refractivity contribution in [2.75, 3.05) is 26.9 Å². The predicted molar refractivity (Wildman–Crippen MR) is 159 cm³/mol. The van der Waals surface area contributed by atoms with Crippen molar-refractivity contribution in [3.05, 3.63) is 81.4 Å². The van der Waals surface area contributed by atoms with Crippen molar-refractivity contribution in [1.29, 1.82) is 0 Å². The monoisotopic (exact) mass is 708 g/mol. The molecule has 1 aromatic heterocycles. The maximum absolute atomic E-state index is 13.9. The van der Waals surface area contributed by atoms with Gasteiger partial charge in [0, 0.05) is 10.0 Å². The van der Waals surface area contributed by atoms with Crippen molar-refractivity contribution < 1.29 is 33.6 Å². The number of benzene rings is 2. The topological polar surface area (TPSA) is 126 Å². The lowest BCUT2D eigenvalue weighted by Gasteiger charge is -2.25. The molecule has 0 saturated carbocycles. The molecule has 1 aliphatic rings. The number of aromatic hydroxyl groups is 1. The Bertz CT molecular complexity index is 1730. The number of carbonyl (C=O) groups excluding carboxylic acids is 2. The summed E-state index contributed by atoms with van der Waals surface area (Å²) >= 11 is 7.85. The van der Waals surface area contributed by atoms with Gasteiger partial charge in [-0.25, -0.2) is 14.6 Å². The van der Waals surface area contributed by atoms with Gasteiger partial charge in [-0.15, -0.1) is 0 Å². The number of ether oxygens (including phenoxy) is 4. The van der Waals surface area contributed by atoms with Crippen LogP contribution in [0, 0.1) is 0 Å². The Labute approximate surface area is 255 Å². The van der Waals surface area contributed by atoms with E-state index in [4.69, 9.17) is 14.2 Å². The summed E-state index contributed by atoms with van der Waals surface area (Å²) in [5.41, 5.74) is 1.15. The van der Waals surface area contributed by atoms with Crippen LogP contribution in [0.15, 0.2) is 60.3 Å². The van der Waals surface area contributed by atoms with Crippen LogP contribution in [0.5, 0.6) is 17.2 Å². The van der Waals surface area contributed by atoms with Crippen LogP contribution in [0.3, 0.4) is 0 Å². The third-order valence-corrected chi connectivity index (χ3v) is 8.06. The van der Waals surface area contributed by atoms with E-state index in [1.807, 2.05) is 0 Å². The van der Waals surface area contributed by atoms with Crippen molar-refractivity contribution in [1.82, 2.24) is 4.57 Å². The first-order valence-electron chi connectivity index (χ1n) is 12.4. The predicted octanol–water partition coefficient (Wildman–Crippen LogP) is 3.98. The highest BCUT2D eigenvalue weighted by atomic mass is 79.9. The Morgan fingerprint density at radius 3 is 2.56 bits per heavy atom. The molecular formula is C28H26Br2N2O8S. The van der Waals surface area contributed by atoms with Crippen molar-refractivity contribution in [3.8, 4) is 17.2 Å². The Hall–Kier alpha value is -3.42. The van der Waals surface area contributed by atoms with Crippen LogP contribution in [-0.4, -0.2) is 48.5 Å². The molecule has 0 spiro atoms. The highest BCUT2D eigenvalue weighted by Gasteiger charge is 2.34. The molecule has 0 bridgehead atoms. The zero-order valence-corrected chi connectivity index (χ0v) is 26.5. The van der Waals surface area contributed by atoms with Crippen molar-refractivity contribution in [2.24, 2.45) is 4.99 Å². The summed E-state index contributed by atoms with van der Waals surface area (Å²) in [7, 11) is 1.26. The Morgan fingerprint density at radius 2 is 1.88 bits per heavy atom. The smallest absolute Gasteiger partial charge is 0.343 e. The molecule has 41 heavy (non-hydrogen) atoms. The van der Waals surface area contributed by atoms with Crippen molar-refractivity contribution in [2.45, 2.75) is 26.8 Å². The number of esters is 2. The van der Waals surface area contributed by atoms with E-state index in [2.05, 4.69) is 41.6 Å². The SMILES string of the molecule is CCOC(=O)C1=C(C)N=c2s/c(=C\c3cc(Br)cc(Br)c3O)c(=O)n2[C@H]1c1ccc(OCC(=O)OC)c(OCC)c1. The van der Waals surface area contributed by atoms with Crippen LogP contribution in [0.4, 0.5) is 0 Å². The quantitative estimate of drug-likeness (QED) is 0.331. The number of phenols is 1. The summed E-state index contributed by atoms with van der Waals surface area (Å²) in [4.78, 5) is 43.7. The molecule has 0 radical (unpaired) electrons. The third kappa shape index (κ3) is 6.41. The van der Waals surface area contributed by atoms with Crippen LogP contribution < -0.4 is 24.4 Å². The number of carbonyl (C=O) groups is 2. The number of rotatable bonds is 9. The number of thiazole rings is 1. The molecule has 0 saturated heterocycles. The summed E-state index contributed by atoms with van der Waals surface area (Å²) in [6, 6.07) is 7.43. The second-order valence-corrected chi connectivity index (χ2v) is 11.4. The van der Waals surface area contributed by atoms with Gasteiger partial charge in [-0.2, -0.15) is 0 Å². The highest BCUT2D eigenvalue weighted by Crippen LogP contribution is 2.37. The molecule has 2 heterocycles. The standard InChI is InChI=1S/C28H26Br2N2O8S/c1-5-38-20-10-15(7-8-19(20)40-13-22(33)37-4)24-23(27(36)39-6-2)14(3)31-28-32(24)26(35)21(41-28)11-16-9-17(29)12-18(30)25(16)34/h7-12,24,34H,5-6,13H2,1-4H3/b21-11-/t24-/m0/s1. The lowest BCUT2D eigenvalue weighted by Crippen LogP contribution is -2.40. The first-order chi connectivity index (χ1) is 19.6. The summed E-state index contributed by atoms with van der Waals surface area (Å²) < 4.78 is 24.3. The molecule has 1 aliphatic heterocycles. The number of hydrogen-bond acceptors (Lipinski definition) is 10. The Balaban J connectivity index is 1.93. The normalized spacial score (nSPS) is 14.8. The summed E-state index contributed by atoms with van der Waals surface area (Å²) in [5.74, 6) is -0.580. The van der Waals surface area contributed by atoms with E-state index in [-0.39, 0.29) is 24.5 Å². The van der Waals surface area contributed by atoms with Crippen LogP contribution in [0.2, 0.25) is 0 Å². The van der Waals surface area contributed by atoms with Gasteiger partial charge in [0.15, 0.2) is 22.9 Å². The molecule has 3 aromatic rings. The van der Waals surface area contributed by atoms with Gasteiger partial charge in [-0.3, -0.25) is 9.36 Å². The van der Waals surface area contributed by atoms with Gasteiger partial charge >= 0.3 is 11.9 Å².